The second-order valence-electron chi connectivity index (χ2n) is 7.32. The third-order valence-corrected chi connectivity index (χ3v) is 5.76. The SMILES string of the molecule is COc1ccncc1NCc1ccc(C(=O)N[C@@H](CCSC)C(=O)O)c(-c2ccccc2)c1.[Na]. The van der Waals surface area contributed by atoms with Gasteiger partial charge in [0.15, 0.2) is 0 Å². The number of rotatable bonds is 11. The molecule has 0 fully saturated rings. The number of carbonyl (C=O) groups is 2. The third kappa shape index (κ3) is 7.50. The van der Waals surface area contributed by atoms with E-state index in [0.717, 1.165) is 22.4 Å². The first-order chi connectivity index (χ1) is 16.0. The number of hydrogen-bond acceptors (Lipinski definition) is 6. The molecule has 0 aliphatic rings. The van der Waals surface area contributed by atoms with Gasteiger partial charge in [-0.15, -0.1) is 0 Å². The van der Waals surface area contributed by atoms with E-state index < -0.39 is 17.9 Å². The molecule has 0 aliphatic carbocycles. The summed E-state index contributed by atoms with van der Waals surface area (Å²) in [4.78, 5) is 28.8. The van der Waals surface area contributed by atoms with Crippen molar-refractivity contribution in [2.75, 3.05) is 24.4 Å². The van der Waals surface area contributed by atoms with Crippen molar-refractivity contribution >= 4 is 58.9 Å². The molecule has 7 nitrogen and oxygen atoms in total. The van der Waals surface area contributed by atoms with Crippen LogP contribution >= 0.6 is 11.8 Å². The van der Waals surface area contributed by atoms with Gasteiger partial charge in [0.1, 0.15) is 11.8 Å². The topological polar surface area (TPSA) is 101 Å². The molecule has 0 aliphatic heterocycles. The quantitative estimate of drug-likeness (QED) is 0.352. The molecule has 0 spiro atoms. The van der Waals surface area contributed by atoms with Gasteiger partial charge in [-0.25, -0.2) is 4.79 Å². The molecule has 3 rings (SSSR count). The van der Waals surface area contributed by atoms with E-state index in [1.165, 1.54) is 0 Å². The number of anilines is 1. The predicted octanol–water partition coefficient (Wildman–Crippen LogP) is 3.92. The number of carboxylic acid groups (broad SMARTS) is 1. The number of amides is 1. The Morgan fingerprint density at radius 2 is 1.91 bits per heavy atom. The van der Waals surface area contributed by atoms with E-state index in [0.29, 0.717) is 30.0 Å². The van der Waals surface area contributed by atoms with Gasteiger partial charge in [-0.3, -0.25) is 9.78 Å². The summed E-state index contributed by atoms with van der Waals surface area (Å²) in [6.45, 7) is 0.495. The average Bonchev–Trinajstić information content (AvgIpc) is 2.85. The molecule has 1 radical (unpaired) electrons. The number of nitrogens with zero attached hydrogens (tertiary/aromatic N) is 1. The Kier molecular flexibility index (Phi) is 11.4. The van der Waals surface area contributed by atoms with Crippen LogP contribution in [-0.4, -0.2) is 76.7 Å². The second kappa shape index (κ2) is 14.0. The van der Waals surface area contributed by atoms with Crippen molar-refractivity contribution in [3.05, 3.63) is 78.1 Å². The van der Waals surface area contributed by atoms with Crippen LogP contribution in [-0.2, 0) is 11.3 Å². The maximum Gasteiger partial charge on any atom is 0.326 e. The Balaban J connectivity index is 0.00000408. The number of nitrogens with one attached hydrogen (secondary N) is 2. The van der Waals surface area contributed by atoms with Crippen LogP contribution in [0.2, 0.25) is 0 Å². The molecule has 1 heterocycles. The van der Waals surface area contributed by atoms with Crippen molar-refractivity contribution in [1.29, 1.82) is 0 Å². The molecule has 0 saturated carbocycles. The summed E-state index contributed by atoms with van der Waals surface area (Å²) < 4.78 is 5.36. The summed E-state index contributed by atoms with van der Waals surface area (Å²) in [7, 11) is 1.60. The Bertz CT molecular complexity index is 1100. The summed E-state index contributed by atoms with van der Waals surface area (Å²) in [5.41, 5.74) is 3.76. The van der Waals surface area contributed by atoms with Crippen molar-refractivity contribution in [1.82, 2.24) is 10.3 Å². The van der Waals surface area contributed by atoms with E-state index >= 15 is 0 Å². The smallest absolute Gasteiger partial charge is 0.326 e. The maximum atomic E-state index is 13.1. The van der Waals surface area contributed by atoms with Gasteiger partial charge in [-0.2, -0.15) is 11.8 Å². The number of methoxy groups -OCH3 is 1. The minimum absolute atomic E-state index is 0. The molecule has 3 N–H and O–H groups in total. The van der Waals surface area contributed by atoms with E-state index in [1.54, 1.807) is 43.4 Å². The van der Waals surface area contributed by atoms with Crippen LogP contribution in [0.4, 0.5) is 5.69 Å². The fourth-order valence-corrected chi connectivity index (χ4v) is 3.85. The zero-order valence-electron chi connectivity index (χ0n) is 19.6. The molecule has 1 aromatic heterocycles. The normalized spacial score (nSPS) is 11.1. The number of aliphatic carboxylic acids is 1. The van der Waals surface area contributed by atoms with E-state index in [2.05, 4.69) is 15.6 Å². The van der Waals surface area contributed by atoms with Crippen LogP contribution in [0.15, 0.2) is 67.0 Å². The third-order valence-electron chi connectivity index (χ3n) is 5.11. The first-order valence-corrected chi connectivity index (χ1v) is 11.9. The largest absolute Gasteiger partial charge is 0.494 e. The maximum absolute atomic E-state index is 13.1. The van der Waals surface area contributed by atoms with E-state index in [9.17, 15) is 14.7 Å². The van der Waals surface area contributed by atoms with Crippen LogP contribution in [0.3, 0.4) is 0 Å². The summed E-state index contributed by atoms with van der Waals surface area (Å²) >= 11 is 1.54. The Morgan fingerprint density at radius 3 is 2.59 bits per heavy atom. The van der Waals surface area contributed by atoms with Crippen LogP contribution in [0.1, 0.15) is 22.3 Å². The Hall–Kier alpha value is -2.52. The molecule has 9 heteroatoms. The first-order valence-electron chi connectivity index (χ1n) is 10.5. The minimum Gasteiger partial charge on any atom is -0.494 e. The predicted molar refractivity (Wildman–Crippen MR) is 138 cm³/mol. The van der Waals surface area contributed by atoms with Crippen LogP contribution in [0.25, 0.3) is 11.1 Å². The zero-order valence-corrected chi connectivity index (χ0v) is 22.4. The van der Waals surface area contributed by atoms with Crippen LogP contribution in [0.5, 0.6) is 5.75 Å². The molecular formula is C25H27N3NaO4S. The van der Waals surface area contributed by atoms with E-state index in [4.69, 9.17) is 4.74 Å². The van der Waals surface area contributed by atoms with Gasteiger partial charge in [0.05, 0.1) is 19.0 Å². The number of thioether (sulfide) groups is 1. The summed E-state index contributed by atoms with van der Waals surface area (Å²) in [5.74, 6) is -0.111. The first kappa shape index (κ1) is 27.7. The van der Waals surface area contributed by atoms with Crippen molar-refractivity contribution in [3.8, 4) is 16.9 Å². The number of pyridine rings is 1. The van der Waals surface area contributed by atoms with Gasteiger partial charge >= 0.3 is 5.97 Å². The Labute approximate surface area is 226 Å². The molecule has 34 heavy (non-hydrogen) atoms. The fourth-order valence-electron chi connectivity index (χ4n) is 3.37. The van der Waals surface area contributed by atoms with Crippen LogP contribution < -0.4 is 15.4 Å². The molecule has 0 unspecified atom stereocenters. The number of carbonyl (C=O) groups excluding carboxylic acids is 1. The fraction of sp³-hybridized carbons (Fsp3) is 0.240. The van der Waals surface area contributed by atoms with Gasteiger partial charge in [0.2, 0.25) is 0 Å². The number of benzene rings is 2. The van der Waals surface area contributed by atoms with Gasteiger partial charge in [-0.1, -0.05) is 36.4 Å². The van der Waals surface area contributed by atoms with Gasteiger partial charge in [0, 0.05) is 53.9 Å². The van der Waals surface area contributed by atoms with E-state index in [1.807, 2.05) is 48.7 Å². The van der Waals surface area contributed by atoms with Crippen LogP contribution in [0, 0.1) is 0 Å². The molecule has 1 amide bonds. The standard InChI is InChI=1S/C25H27N3O4S.Na/c1-32-23-10-12-26-16-22(23)27-15-17-8-9-19(20(14-17)18-6-4-3-5-7-18)24(29)28-21(25(30)31)11-13-33-2;/h3-10,12,14,16,21,27H,11,13,15H2,1-2H3,(H,28,29)(H,30,31);/t21-;/m0./s1. The monoisotopic (exact) mass is 488 g/mol. The number of ether oxygens (including phenoxy) is 1. The Morgan fingerprint density at radius 1 is 1.15 bits per heavy atom. The summed E-state index contributed by atoms with van der Waals surface area (Å²) in [6.07, 6.45) is 5.62. The molecule has 3 aromatic rings. The molecule has 173 valence electrons. The molecule has 2 aromatic carbocycles. The van der Waals surface area contributed by atoms with Crippen molar-refractivity contribution in [2.24, 2.45) is 0 Å². The molecule has 0 saturated heterocycles. The number of aromatic nitrogens is 1. The van der Waals surface area contributed by atoms with E-state index in [-0.39, 0.29) is 29.6 Å². The van der Waals surface area contributed by atoms with Crippen molar-refractivity contribution in [3.63, 3.8) is 0 Å². The molecule has 1 atom stereocenters. The summed E-state index contributed by atoms with van der Waals surface area (Å²) in [6, 6.07) is 15.9. The van der Waals surface area contributed by atoms with Crippen molar-refractivity contribution < 1.29 is 19.4 Å². The van der Waals surface area contributed by atoms with Gasteiger partial charge in [0.25, 0.3) is 5.91 Å². The number of hydrogen-bond donors (Lipinski definition) is 3. The van der Waals surface area contributed by atoms with Gasteiger partial charge < -0.3 is 20.5 Å². The second-order valence-corrected chi connectivity index (χ2v) is 8.31. The average molecular weight is 489 g/mol. The number of carboxylic acids is 1. The zero-order chi connectivity index (χ0) is 23.6. The molecule has 0 bridgehead atoms. The van der Waals surface area contributed by atoms with Crippen molar-refractivity contribution in [2.45, 2.75) is 19.0 Å². The summed E-state index contributed by atoms with van der Waals surface area (Å²) in [5, 5.41) is 15.5. The van der Waals surface area contributed by atoms with Gasteiger partial charge in [-0.05, 0) is 47.3 Å². The molecular weight excluding hydrogens is 461 g/mol. The minimum atomic E-state index is -1.04.